The molecule has 14 nitrogen and oxygen atoms in total. The molecule has 5 rings (SSSR count). The Kier molecular flexibility index (Phi) is 10.5. The van der Waals surface area contributed by atoms with Gasteiger partial charge in [-0.05, 0) is 76.1 Å². The van der Waals surface area contributed by atoms with Crippen molar-refractivity contribution in [1.82, 2.24) is 10.3 Å². The van der Waals surface area contributed by atoms with Crippen LogP contribution in [0.25, 0.3) is 0 Å². The van der Waals surface area contributed by atoms with Crippen molar-refractivity contribution < 1.29 is 42.2 Å². The van der Waals surface area contributed by atoms with E-state index in [9.17, 15) is 19.2 Å². The van der Waals surface area contributed by atoms with Crippen LogP contribution >= 0.6 is 0 Å². The van der Waals surface area contributed by atoms with Gasteiger partial charge in [-0.2, -0.15) is 0 Å². The van der Waals surface area contributed by atoms with Crippen LogP contribution in [-0.4, -0.2) is 94.9 Å². The first-order valence-electron chi connectivity index (χ1n) is 16.7. The molecule has 0 bridgehead atoms. The largest absolute Gasteiger partial charge is 0.480 e. The monoisotopic (exact) mass is 714 g/mol. The van der Waals surface area contributed by atoms with Crippen molar-refractivity contribution in [3.8, 4) is 5.75 Å². The van der Waals surface area contributed by atoms with Gasteiger partial charge >= 0.3 is 12.2 Å². The number of carbonyl (C=O) groups is 4. The Hall–Kier alpha value is -4.28. The smallest absolute Gasteiger partial charge is 0.416 e. The van der Waals surface area contributed by atoms with E-state index < -0.39 is 38.0 Å². The topological polar surface area (TPSA) is 152 Å². The van der Waals surface area contributed by atoms with Gasteiger partial charge in [-0.1, -0.05) is 20.8 Å². The lowest BCUT2D eigenvalue weighted by Gasteiger charge is -2.40. The van der Waals surface area contributed by atoms with E-state index in [1.165, 1.54) is 26.8 Å². The quantitative estimate of drug-likeness (QED) is 0.259. The zero-order chi connectivity index (χ0) is 36.6. The Balaban J connectivity index is 1.29. The first-order chi connectivity index (χ1) is 23.3. The molecular formula is C34H47FN6O8Si. The molecule has 1 aromatic heterocycles. The van der Waals surface area contributed by atoms with Gasteiger partial charge in [-0.25, -0.2) is 19.0 Å². The number of nitrogens with zero attached hydrogens (tertiary/aromatic N) is 4. The summed E-state index contributed by atoms with van der Waals surface area (Å²) >= 11 is 0. The molecular weight excluding hydrogens is 667 g/mol. The first kappa shape index (κ1) is 37.0. The Morgan fingerprint density at radius 2 is 1.86 bits per heavy atom. The highest BCUT2D eigenvalue weighted by atomic mass is 28.4. The second kappa shape index (κ2) is 14.1. The number of cyclic esters (lactones) is 1. The highest BCUT2D eigenvalue weighted by Crippen LogP contribution is 2.40. The number of pyridine rings is 1. The van der Waals surface area contributed by atoms with Gasteiger partial charge < -0.3 is 34.2 Å². The molecule has 0 spiro atoms. The zero-order valence-corrected chi connectivity index (χ0v) is 31.0. The Morgan fingerprint density at radius 3 is 2.56 bits per heavy atom. The van der Waals surface area contributed by atoms with E-state index in [-0.39, 0.29) is 80.6 Å². The molecule has 3 aliphatic heterocycles. The third kappa shape index (κ3) is 8.19. The number of ether oxygens (including phenoxy) is 3. The molecule has 3 aliphatic rings. The van der Waals surface area contributed by atoms with Crippen LogP contribution < -0.4 is 30.1 Å². The molecule has 4 heterocycles. The number of carbonyl (C=O) groups excluding carboxylic acids is 4. The van der Waals surface area contributed by atoms with Crippen molar-refractivity contribution in [3.05, 3.63) is 35.6 Å². The van der Waals surface area contributed by atoms with Crippen molar-refractivity contribution in [3.63, 3.8) is 0 Å². The maximum Gasteiger partial charge on any atom is 0.416 e. The maximum atomic E-state index is 15.7. The molecule has 272 valence electrons. The van der Waals surface area contributed by atoms with Gasteiger partial charge in [0.2, 0.25) is 5.91 Å². The number of anilines is 4. The summed E-state index contributed by atoms with van der Waals surface area (Å²) < 4.78 is 38.5. The minimum absolute atomic E-state index is 0.0401. The Labute approximate surface area is 292 Å². The summed E-state index contributed by atoms with van der Waals surface area (Å²) in [4.78, 5) is 59.8. The number of amides is 4. The number of hydrogen-bond donors (Lipinski definition) is 2. The predicted octanol–water partition coefficient (Wildman–Crippen LogP) is 4.82. The lowest BCUT2D eigenvalue weighted by atomic mass is 10.0. The van der Waals surface area contributed by atoms with E-state index in [0.29, 0.717) is 22.9 Å². The van der Waals surface area contributed by atoms with Gasteiger partial charge in [-0.3, -0.25) is 19.4 Å². The third-order valence-electron chi connectivity index (χ3n) is 9.09. The van der Waals surface area contributed by atoms with Crippen LogP contribution in [-0.2, 0) is 29.9 Å². The zero-order valence-electron chi connectivity index (χ0n) is 30.0. The summed E-state index contributed by atoms with van der Waals surface area (Å²) in [5.41, 5.74) is 0.139. The highest BCUT2D eigenvalue weighted by Gasteiger charge is 2.40. The van der Waals surface area contributed by atoms with E-state index in [4.69, 9.17) is 18.6 Å². The van der Waals surface area contributed by atoms with E-state index in [1.54, 1.807) is 32.9 Å². The van der Waals surface area contributed by atoms with E-state index in [0.717, 1.165) is 0 Å². The summed E-state index contributed by atoms with van der Waals surface area (Å²) in [6.07, 6.45) is -1.66. The molecule has 4 amide bonds. The number of aromatic nitrogens is 1. The van der Waals surface area contributed by atoms with Crippen LogP contribution in [0, 0.1) is 5.82 Å². The van der Waals surface area contributed by atoms with Gasteiger partial charge in [-0.15, -0.1) is 0 Å². The van der Waals surface area contributed by atoms with Crippen LogP contribution in [0.15, 0.2) is 24.3 Å². The van der Waals surface area contributed by atoms with Crippen molar-refractivity contribution in [2.45, 2.75) is 77.8 Å². The second-order valence-corrected chi connectivity index (χ2v) is 19.8. The number of rotatable bonds is 10. The van der Waals surface area contributed by atoms with E-state index >= 15 is 4.39 Å². The summed E-state index contributed by atoms with van der Waals surface area (Å²) in [6, 6.07) is 6.03. The fraction of sp³-hybridized carbons (Fsp3) is 0.559. The summed E-state index contributed by atoms with van der Waals surface area (Å²) in [7, 11) is -2.14. The standard InChI is InChI=1S/C34H47FN6O8Si/c1-33(2,3)49-32(45)40-19-28(43)39(15-16-47-50(7,8)34(4,5)6)29-22(23(35)9-10-24(29)40)13-14-36-17-21-18-41(31(44)48-21)26-12-11-25-30(37-26)38-27(42)20-46-25/h9-12,21,36H,13-20H2,1-8H3,(H,37,38,42)/t21-/m0/s1. The molecule has 2 aromatic rings. The number of benzene rings is 1. The number of hydrogen-bond acceptors (Lipinski definition) is 10. The minimum atomic E-state index is -2.14. The highest BCUT2D eigenvalue weighted by molar-refractivity contribution is 6.74. The van der Waals surface area contributed by atoms with Gasteiger partial charge in [0.05, 0.1) is 24.5 Å². The average molecular weight is 715 g/mol. The Morgan fingerprint density at radius 1 is 1.12 bits per heavy atom. The third-order valence-corrected chi connectivity index (χ3v) is 13.6. The summed E-state index contributed by atoms with van der Waals surface area (Å²) in [5, 5.41) is 5.82. The van der Waals surface area contributed by atoms with Gasteiger partial charge in [0, 0.05) is 18.7 Å². The van der Waals surface area contributed by atoms with Gasteiger partial charge in [0.25, 0.3) is 5.91 Å². The molecule has 0 radical (unpaired) electrons. The predicted molar refractivity (Wildman–Crippen MR) is 188 cm³/mol. The number of nitrogens with one attached hydrogen (secondary N) is 2. The van der Waals surface area contributed by atoms with Crippen LogP contribution in [0.4, 0.5) is 37.0 Å². The van der Waals surface area contributed by atoms with Crippen molar-refractivity contribution in [2.75, 3.05) is 66.0 Å². The lowest BCUT2D eigenvalue weighted by Crippen LogP contribution is -2.51. The van der Waals surface area contributed by atoms with E-state index in [2.05, 4.69) is 49.5 Å². The van der Waals surface area contributed by atoms with Crippen LogP contribution in [0.5, 0.6) is 5.75 Å². The van der Waals surface area contributed by atoms with Gasteiger partial charge in [0.15, 0.2) is 26.5 Å². The molecule has 1 aromatic carbocycles. The SMILES string of the molecule is CC(C)(C)OC(=O)N1CC(=O)N(CCO[Si](C)(C)C(C)(C)C)c2c1ccc(F)c2CCNC[C@H]1CN(c2ccc3c(n2)NC(=O)CO3)C(=O)O1. The average Bonchev–Trinajstić information content (AvgIpc) is 3.39. The molecule has 0 saturated carbocycles. The lowest BCUT2D eigenvalue weighted by molar-refractivity contribution is -0.119. The van der Waals surface area contributed by atoms with Crippen LogP contribution in [0.3, 0.4) is 0 Å². The molecule has 0 aliphatic carbocycles. The maximum absolute atomic E-state index is 15.7. The first-order valence-corrected chi connectivity index (χ1v) is 19.6. The number of fused-ring (bicyclic) bond motifs is 2. The molecule has 2 N–H and O–H groups in total. The fourth-order valence-electron chi connectivity index (χ4n) is 5.51. The molecule has 0 unspecified atom stereocenters. The molecule has 50 heavy (non-hydrogen) atoms. The molecule has 1 saturated heterocycles. The van der Waals surface area contributed by atoms with Crippen molar-refractivity contribution >= 4 is 55.3 Å². The summed E-state index contributed by atoms with van der Waals surface area (Å²) in [6.45, 7) is 16.7. The molecule has 16 heteroatoms. The van der Waals surface area contributed by atoms with Crippen LogP contribution in [0.2, 0.25) is 18.1 Å². The van der Waals surface area contributed by atoms with Crippen molar-refractivity contribution in [2.24, 2.45) is 0 Å². The second-order valence-electron chi connectivity index (χ2n) is 15.0. The fourth-order valence-corrected chi connectivity index (χ4v) is 6.54. The van der Waals surface area contributed by atoms with Gasteiger partial charge in [0.1, 0.15) is 29.9 Å². The normalized spacial score (nSPS) is 18.0. The van der Waals surface area contributed by atoms with E-state index in [1.807, 2.05) is 0 Å². The Bertz CT molecular complexity index is 1660. The van der Waals surface area contributed by atoms with Crippen LogP contribution in [0.1, 0.15) is 47.1 Å². The molecule has 1 fully saturated rings. The number of halogens is 1. The molecule has 1 atom stereocenters. The minimum Gasteiger partial charge on any atom is -0.480 e. The summed E-state index contributed by atoms with van der Waals surface area (Å²) in [5.74, 6) is -0.293. The van der Waals surface area contributed by atoms with Crippen molar-refractivity contribution in [1.29, 1.82) is 0 Å².